The van der Waals surface area contributed by atoms with Crippen molar-refractivity contribution in [3.8, 4) is 0 Å². The second kappa shape index (κ2) is 4.58. The third kappa shape index (κ3) is 2.47. The summed E-state index contributed by atoms with van der Waals surface area (Å²) in [6.45, 7) is 1.83. The standard InChI is InChI=1S/C13H23N3O/c14-10-7-11-3-4-12(8-10)16(11)6-5-15-13(17)9-1-2-9/h9-12H,1-8,14H2,(H,15,17). The van der Waals surface area contributed by atoms with Gasteiger partial charge in [-0.15, -0.1) is 0 Å². The molecule has 1 aliphatic carbocycles. The molecule has 2 unspecified atom stereocenters. The molecule has 4 heteroatoms. The zero-order valence-corrected chi connectivity index (χ0v) is 10.4. The number of rotatable bonds is 4. The van der Waals surface area contributed by atoms with Crippen LogP contribution in [0.25, 0.3) is 0 Å². The fourth-order valence-electron chi connectivity index (χ4n) is 3.48. The number of nitrogens with one attached hydrogen (secondary N) is 1. The van der Waals surface area contributed by atoms with Crippen LogP contribution in [0.2, 0.25) is 0 Å². The number of fused-ring (bicyclic) bond motifs is 2. The fourth-order valence-corrected chi connectivity index (χ4v) is 3.48. The van der Waals surface area contributed by atoms with E-state index in [9.17, 15) is 4.79 Å². The van der Waals surface area contributed by atoms with E-state index in [-0.39, 0.29) is 5.91 Å². The predicted octanol–water partition coefficient (Wildman–Crippen LogP) is 0.467. The van der Waals surface area contributed by atoms with Gasteiger partial charge in [-0.2, -0.15) is 0 Å². The molecule has 0 aromatic carbocycles. The Kier molecular flexibility index (Phi) is 3.09. The lowest BCUT2D eigenvalue weighted by atomic mass is 9.98. The van der Waals surface area contributed by atoms with Crippen LogP contribution in [0.5, 0.6) is 0 Å². The highest BCUT2D eigenvalue weighted by Gasteiger charge is 2.39. The first-order valence-corrected chi connectivity index (χ1v) is 7.03. The van der Waals surface area contributed by atoms with Crippen molar-refractivity contribution in [3.63, 3.8) is 0 Å². The zero-order chi connectivity index (χ0) is 11.8. The molecule has 0 aromatic heterocycles. The lowest BCUT2D eigenvalue weighted by Gasteiger charge is -2.37. The lowest BCUT2D eigenvalue weighted by molar-refractivity contribution is -0.122. The highest BCUT2D eigenvalue weighted by Crippen LogP contribution is 2.34. The van der Waals surface area contributed by atoms with Gasteiger partial charge in [0.25, 0.3) is 0 Å². The van der Waals surface area contributed by atoms with Gasteiger partial charge in [-0.05, 0) is 38.5 Å². The second-order valence-electron chi connectivity index (χ2n) is 5.92. The molecule has 3 N–H and O–H groups in total. The van der Waals surface area contributed by atoms with Crippen LogP contribution in [-0.2, 0) is 4.79 Å². The second-order valence-corrected chi connectivity index (χ2v) is 5.92. The Morgan fingerprint density at radius 3 is 2.41 bits per heavy atom. The number of carbonyl (C=O) groups excluding carboxylic acids is 1. The molecule has 2 bridgehead atoms. The summed E-state index contributed by atoms with van der Waals surface area (Å²) in [4.78, 5) is 14.1. The van der Waals surface area contributed by atoms with Crippen molar-refractivity contribution in [2.24, 2.45) is 11.7 Å². The molecule has 3 rings (SSSR count). The minimum absolute atomic E-state index is 0.269. The van der Waals surface area contributed by atoms with Gasteiger partial charge in [-0.1, -0.05) is 0 Å². The van der Waals surface area contributed by atoms with E-state index in [0.29, 0.717) is 24.0 Å². The summed E-state index contributed by atoms with van der Waals surface area (Å²) in [7, 11) is 0. The Morgan fingerprint density at radius 2 is 1.82 bits per heavy atom. The number of piperidine rings is 1. The lowest BCUT2D eigenvalue weighted by Crippen LogP contribution is -2.49. The minimum Gasteiger partial charge on any atom is -0.355 e. The molecule has 2 saturated heterocycles. The van der Waals surface area contributed by atoms with Crippen molar-refractivity contribution < 1.29 is 4.79 Å². The molecular formula is C13H23N3O. The van der Waals surface area contributed by atoms with Gasteiger partial charge >= 0.3 is 0 Å². The van der Waals surface area contributed by atoms with Gasteiger partial charge in [0.05, 0.1) is 0 Å². The van der Waals surface area contributed by atoms with Crippen LogP contribution < -0.4 is 11.1 Å². The third-order valence-electron chi connectivity index (χ3n) is 4.54. The van der Waals surface area contributed by atoms with Crippen LogP contribution in [0.1, 0.15) is 38.5 Å². The largest absolute Gasteiger partial charge is 0.355 e. The molecule has 0 aromatic rings. The maximum absolute atomic E-state index is 11.5. The van der Waals surface area contributed by atoms with Crippen LogP contribution in [0, 0.1) is 5.92 Å². The van der Waals surface area contributed by atoms with Gasteiger partial charge in [0.1, 0.15) is 0 Å². The molecule has 2 heterocycles. The number of hydrogen-bond acceptors (Lipinski definition) is 3. The maximum Gasteiger partial charge on any atom is 0.223 e. The SMILES string of the molecule is NC1CC2CCC(C1)N2CCNC(=O)C1CC1. The average Bonchev–Trinajstić information content (AvgIpc) is 3.08. The summed E-state index contributed by atoms with van der Waals surface area (Å²) in [5.41, 5.74) is 6.05. The normalized spacial score (nSPS) is 37.1. The van der Waals surface area contributed by atoms with E-state index in [1.807, 2.05) is 0 Å². The van der Waals surface area contributed by atoms with E-state index in [0.717, 1.165) is 38.8 Å². The summed E-state index contributed by atoms with van der Waals surface area (Å²) < 4.78 is 0. The Balaban J connectivity index is 1.44. The van der Waals surface area contributed by atoms with E-state index in [4.69, 9.17) is 5.73 Å². The molecule has 2 aliphatic heterocycles. The summed E-state index contributed by atoms with van der Waals surface area (Å²) >= 11 is 0. The first-order chi connectivity index (χ1) is 8.24. The molecule has 17 heavy (non-hydrogen) atoms. The number of hydrogen-bond donors (Lipinski definition) is 2. The predicted molar refractivity (Wildman–Crippen MR) is 66.5 cm³/mol. The van der Waals surface area contributed by atoms with Gasteiger partial charge in [-0.3, -0.25) is 9.69 Å². The highest BCUT2D eigenvalue weighted by atomic mass is 16.2. The quantitative estimate of drug-likeness (QED) is 0.747. The van der Waals surface area contributed by atoms with Gasteiger partial charge in [0.15, 0.2) is 0 Å². The molecule has 1 saturated carbocycles. The molecule has 96 valence electrons. The van der Waals surface area contributed by atoms with Gasteiger partial charge in [-0.25, -0.2) is 0 Å². The molecule has 4 nitrogen and oxygen atoms in total. The summed E-state index contributed by atoms with van der Waals surface area (Å²) in [5.74, 6) is 0.604. The minimum atomic E-state index is 0.269. The smallest absolute Gasteiger partial charge is 0.223 e. The molecule has 0 radical (unpaired) electrons. The third-order valence-corrected chi connectivity index (χ3v) is 4.54. The van der Waals surface area contributed by atoms with Crippen LogP contribution in [0.4, 0.5) is 0 Å². The molecule has 2 atom stereocenters. The van der Waals surface area contributed by atoms with Crippen LogP contribution in [-0.4, -0.2) is 42.0 Å². The van der Waals surface area contributed by atoms with Crippen molar-refractivity contribution >= 4 is 5.91 Å². The van der Waals surface area contributed by atoms with E-state index in [1.54, 1.807) is 0 Å². The summed E-state index contributed by atoms with van der Waals surface area (Å²) in [6, 6.07) is 1.77. The molecule has 1 amide bonds. The van der Waals surface area contributed by atoms with Crippen molar-refractivity contribution in [1.29, 1.82) is 0 Å². The Bertz CT molecular complexity index is 289. The van der Waals surface area contributed by atoms with Crippen LogP contribution >= 0.6 is 0 Å². The Hall–Kier alpha value is -0.610. The number of amides is 1. The molecular weight excluding hydrogens is 214 g/mol. The first kappa shape index (κ1) is 11.5. The van der Waals surface area contributed by atoms with Gasteiger partial charge in [0.2, 0.25) is 5.91 Å². The highest BCUT2D eigenvalue weighted by molar-refractivity contribution is 5.80. The van der Waals surface area contributed by atoms with E-state index >= 15 is 0 Å². The maximum atomic E-state index is 11.5. The molecule has 3 aliphatic rings. The zero-order valence-electron chi connectivity index (χ0n) is 10.4. The topological polar surface area (TPSA) is 58.4 Å². The first-order valence-electron chi connectivity index (χ1n) is 7.03. The number of carbonyl (C=O) groups is 1. The van der Waals surface area contributed by atoms with E-state index in [2.05, 4.69) is 10.2 Å². The van der Waals surface area contributed by atoms with Crippen molar-refractivity contribution in [2.75, 3.05) is 13.1 Å². The van der Waals surface area contributed by atoms with E-state index < -0.39 is 0 Å². The molecule has 3 fully saturated rings. The van der Waals surface area contributed by atoms with Crippen LogP contribution in [0.3, 0.4) is 0 Å². The van der Waals surface area contributed by atoms with Gasteiger partial charge in [0, 0.05) is 37.1 Å². The monoisotopic (exact) mass is 237 g/mol. The van der Waals surface area contributed by atoms with Crippen molar-refractivity contribution in [2.45, 2.75) is 56.7 Å². The van der Waals surface area contributed by atoms with Gasteiger partial charge < -0.3 is 11.1 Å². The van der Waals surface area contributed by atoms with Crippen molar-refractivity contribution in [1.82, 2.24) is 10.2 Å². The van der Waals surface area contributed by atoms with E-state index in [1.165, 1.54) is 12.8 Å². The summed E-state index contributed by atoms with van der Waals surface area (Å²) in [5, 5.41) is 3.06. The molecule has 0 spiro atoms. The van der Waals surface area contributed by atoms with Crippen LogP contribution in [0.15, 0.2) is 0 Å². The Labute approximate surface area is 103 Å². The summed E-state index contributed by atoms with van der Waals surface area (Å²) in [6.07, 6.45) is 7.08. The van der Waals surface area contributed by atoms with Crippen molar-refractivity contribution in [3.05, 3.63) is 0 Å². The Morgan fingerprint density at radius 1 is 1.18 bits per heavy atom. The number of nitrogens with zero attached hydrogens (tertiary/aromatic N) is 1. The average molecular weight is 237 g/mol. The fraction of sp³-hybridized carbons (Fsp3) is 0.923. The number of nitrogens with two attached hydrogens (primary N) is 1.